The first-order valence-electron chi connectivity index (χ1n) is 5.92. The number of unbranched alkanes of at least 4 members (excludes halogenated alkanes) is 1. The molecule has 1 aromatic carbocycles. The van der Waals surface area contributed by atoms with E-state index >= 15 is 0 Å². The molecular weight excluding hydrogens is 243 g/mol. The minimum atomic E-state index is -4.51. The molecule has 1 aromatic rings. The predicted molar refractivity (Wildman–Crippen MR) is 64.4 cm³/mol. The summed E-state index contributed by atoms with van der Waals surface area (Å²) >= 11 is 0. The maximum absolute atomic E-state index is 12.6. The van der Waals surface area contributed by atoms with Crippen LogP contribution in [-0.2, 0) is 12.7 Å². The van der Waals surface area contributed by atoms with Crippen LogP contribution >= 0.6 is 0 Å². The van der Waals surface area contributed by atoms with Crippen LogP contribution in [0.5, 0.6) is 5.75 Å². The number of phenolic OH excluding ortho intramolecular Hbond substituents is 1. The lowest BCUT2D eigenvalue weighted by molar-refractivity contribution is -0.138. The van der Waals surface area contributed by atoms with Crippen molar-refractivity contribution < 1.29 is 18.3 Å². The average molecular weight is 261 g/mol. The van der Waals surface area contributed by atoms with Crippen molar-refractivity contribution in [3.8, 4) is 5.75 Å². The third-order valence-electron chi connectivity index (χ3n) is 2.71. The Balaban J connectivity index is 2.79. The molecule has 0 saturated heterocycles. The number of aromatic hydroxyl groups is 1. The molecular formula is C13H18F3NO. The molecule has 0 fully saturated rings. The van der Waals surface area contributed by atoms with Crippen LogP contribution in [0.15, 0.2) is 18.2 Å². The zero-order valence-corrected chi connectivity index (χ0v) is 10.6. The van der Waals surface area contributed by atoms with Gasteiger partial charge in [-0.25, -0.2) is 0 Å². The summed E-state index contributed by atoms with van der Waals surface area (Å²) in [5.41, 5.74) is -0.414. The van der Waals surface area contributed by atoms with Crippen molar-refractivity contribution in [1.29, 1.82) is 0 Å². The number of benzene rings is 1. The van der Waals surface area contributed by atoms with Crippen molar-refractivity contribution in [3.63, 3.8) is 0 Å². The SMILES string of the molecule is CCCCN(C)Cc1ccc(O)c(C(F)(F)F)c1. The molecule has 0 saturated carbocycles. The lowest BCUT2D eigenvalue weighted by Crippen LogP contribution is -2.19. The second-order valence-corrected chi connectivity index (χ2v) is 4.44. The standard InChI is InChI=1S/C13H18F3NO/c1-3-4-7-17(2)9-10-5-6-12(18)11(8-10)13(14,15)16/h5-6,8,18H,3-4,7,9H2,1-2H3. The first kappa shape index (κ1) is 14.8. The summed E-state index contributed by atoms with van der Waals surface area (Å²) in [6.45, 7) is 3.36. The molecule has 18 heavy (non-hydrogen) atoms. The lowest BCUT2D eigenvalue weighted by atomic mass is 10.1. The molecule has 0 aromatic heterocycles. The van der Waals surface area contributed by atoms with Gasteiger partial charge in [-0.2, -0.15) is 13.2 Å². The molecule has 0 radical (unpaired) electrons. The number of hydrogen-bond donors (Lipinski definition) is 1. The lowest BCUT2D eigenvalue weighted by Gasteiger charge is -2.17. The Hall–Kier alpha value is -1.23. The van der Waals surface area contributed by atoms with Crippen LogP contribution < -0.4 is 0 Å². The van der Waals surface area contributed by atoms with Crippen LogP contribution in [0.1, 0.15) is 30.9 Å². The van der Waals surface area contributed by atoms with Gasteiger partial charge in [0.15, 0.2) is 0 Å². The highest BCUT2D eigenvalue weighted by atomic mass is 19.4. The van der Waals surface area contributed by atoms with Crippen LogP contribution in [-0.4, -0.2) is 23.6 Å². The normalized spacial score (nSPS) is 12.1. The van der Waals surface area contributed by atoms with E-state index in [9.17, 15) is 18.3 Å². The van der Waals surface area contributed by atoms with Crippen molar-refractivity contribution in [3.05, 3.63) is 29.3 Å². The fraction of sp³-hybridized carbons (Fsp3) is 0.538. The first-order chi connectivity index (χ1) is 8.34. The third-order valence-corrected chi connectivity index (χ3v) is 2.71. The Morgan fingerprint density at radius 1 is 1.28 bits per heavy atom. The van der Waals surface area contributed by atoms with Gasteiger partial charge in [-0.3, -0.25) is 0 Å². The summed E-state index contributed by atoms with van der Waals surface area (Å²) in [5.74, 6) is -0.720. The summed E-state index contributed by atoms with van der Waals surface area (Å²) in [6, 6.07) is 3.64. The molecule has 102 valence electrons. The van der Waals surface area contributed by atoms with E-state index in [0.717, 1.165) is 31.5 Å². The fourth-order valence-corrected chi connectivity index (χ4v) is 1.73. The Bertz CT molecular complexity index is 390. The molecule has 0 spiro atoms. The van der Waals surface area contributed by atoms with E-state index < -0.39 is 17.5 Å². The van der Waals surface area contributed by atoms with Crippen molar-refractivity contribution in [2.45, 2.75) is 32.5 Å². The largest absolute Gasteiger partial charge is 0.507 e. The molecule has 1 rings (SSSR count). The van der Waals surface area contributed by atoms with Gasteiger partial charge in [0.1, 0.15) is 5.75 Å². The van der Waals surface area contributed by atoms with E-state index in [0.29, 0.717) is 12.1 Å². The Morgan fingerprint density at radius 3 is 2.50 bits per heavy atom. The highest BCUT2D eigenvalue weighted by Crippen LogP contribution is 2.36. The van der Waals surface area contributed by atoms with E-state index in [-0.39, 0.29) is 0 Å². The Labute approximate surface area is 105 Å². The number of rotatable bonds is 5. The molecule has 0 bridgehead atoms. The minimum Gasteiger partial charge on any atom is -0.507 e. The maximum atomic E-state index is 12.6. The molecule has 2 nitrogen and oxygen atoms in total. The van der Waals surface area contributed by atoms with Gasteiger partial charge >= 0.3 is 6.18 Å². The number of hydrogen-bond acceptors (Lipinski definition) is 2. The highest BCUT2D eigenvalue weighted by molar-refractivity contribution is 5.38. The van der Waals surface area contributed by atoms with Crippen molar-refractivity contribution >= 4 is 0 Å². The van der Waals surface area contributed by atoms with Crippen LogP contribution in [0.4, 0.5) is 13.2 Å². The zero-order chi connectivity index (χ0) is 13.8. The molecule has 0 aliphatic carbocycles. The quantitative estimate of drug-likeness (QED) is 0.874. The van der Waals surface area contributed by atoms with Crippen molar-refractivity contribution in [1.82, 2.24) is 4.90 Å². The third kappa shape index (κ3) is 4.22. The Morgan fingerprint density at radius 2 is 1.94 bits per heavy atom. The number of nitrogens with zero attached hydrogens (tertiary/aromatic N) is 1. The minimum absolute atomic E-state index is 0.448. The van der Waals surface area contributed by atoms with Gasteiger partial charge in [0.2, 0.25) is 0 Å². The molecule has 0 heterocycles. The molecule has 0 amide bonds. The number of halogens is 3. The van der Waals surface area contributed by atoms with Gasteiger partial charge in [-0.1, -0.05) is 19.4 Å². The van der Waals surface area contributed by atoms with Gasteiger partial charge in [0.25, 0.3) is 0 Å². The van der Waals surface area contributed by atoms with E-state index in [1.165, 1.54) is 6.07 Å². The molecule has 0 aliphatic heterocycles. The smallest absolute Gasteiger partial charge is 0.419 e. The number of phenols is 1. The van der Waals surface area contributed by atoms with Gasteiger partial charge in [0, 0.05) is 6.54 Å². The van der Waals surface area contributed by atoms with Gasteiger partial charge < -0.3 is 10.0 Å². The number of alkyl halides is 3. The second-order valence-electron chi connectivity index (χ2n) is 4.44. The maximum Gasteiger partial charge on any atom is 0.419 e. The zero-order valence-electron chi connectivity index (χ0n) is 10.6. The fourth-order valence-electron chi connectivity index (χ4n) is 1.73. The van der Waals surface area contributed by atoms with Gasteiger partial charge in [-0.05, 0) is 37.7 Å². The molecule has 1 N–H and O–H groups in total. The van der Waals surface area contributed by atoms with Crippen LogP contribution in [0, 0.1) is 0 Å². The predicted octanol–water partition coefficient (Wildman–Crippen LogP) is 3.64. The van der Waals surface area contributed by atoms with Crippen molar-refractivity contribution in [2.24, 2.45) is 0 Å². The monoisotopic (exact) mass is 261 g/mol. The molecule has 0 atom stereocenters. The van der Waals surface area contributed by atoms with Crippen molar-refractivity contribution in [2.75, 3.05) is 13.6 Å². The summed E-state index contributed by atoms with van der Waals surface area (Å²) in [4.78, 5) is 1.97. The first-order valence-corrected chi connectivity index (χ1v) is 5.92. The molecule has 5 heteroatoms. The van der Waals surface area contributed by atoms with Crippen LogP contribution in [0.2, 0.25) is 0 Å². The van der Waals surface area contributed by atoms with E-state index in [4.69, 9.17) is 0 Å². The van der Waals surface area contributed by atoms with Crippen LogP contribution in [0.3, 0.4) is 0 Å². The average Bonchev–Trinajstić information content (AvgIpc) is 2.27. The van der Waals surface area contributed by atoms with E-state index in [2.05, 4.69) is 6.92 Å². The topological polar surface area (TPSA) is 23.5 Å². The second kappa shape index (κ2) is 6.09. The highest BCUT2D eigenvalue weighted by Gasteiger charge is 2.33. The van der Waals surface area contributed by atoms with Crippen LogP contribution in [0.25, 0.3) is 0 Å². The summed E-state index contributed by atoms with van der Waals surface area (Å²) in [7, 11) is 1.87. The summed E-state index contributed by atoms with van der Waals surface area (Å²) < 4.78 is 37.8. The molecule has 0 unspecified atom stereocenters. The summed E-state index contributed by atoms with van der Waals surface area (Å²) in [5, 5.41) is 9.21. The molecule has 0 aliphatic rings. The van der Waals surface area contributed by atoms with E-state index in [1.54, 1.807) is 0 Å². The summed E-state index contributed by atoms with van der Waals surface area (Å²) in [6.07, 6.45) is -2.45. The Kier molecular flexibility index (Phi) is 5.02. The van der Waals surface area contributed by atoms with E-state index in [1.807, 2.05) is 11.9 Å². The van der Waals surface area contributed by atoms with Gasteiger partial charge in [-0.15, -0.1) is 0 Å². The van der Waals surface area contributed by atoms with Gasteiger partial charge in [0.05, 0.1) is 5.56 Å².